The van der Waals surface area contributed by atoms with Gasteiger partial charge in [-0.2, -0.15) is 10.2 Å². The number of nitrogens with one attached hydrogen (secondary N) is 1. The van der Waals surface area contributed by atoms with Gasteiger partial charge in [0.25, 0.3) is 6.43 Å². The van der Waals surface area contributed by atoms with E-state index in [2.05, 4.69) is 15.5 Å². The summed E-state index contributed by atoms with van der Waals surface area (Å²) in [5.74, 6) is 0.304. The molecule has 0 aromatic carbocycles. The molecule has 1 N–H and O–H groups in total. The van der Waals surface area contributed by atoms with Crippen LogP contribution in [0.4, 0.5) is 8.78 Å². The second kappa shape index (κ2) is 7.40. The summed E-state index contributed by atoms with van der Waals surface area (Å²) in [5.41, 5.74) is 1.48. The van der Waals surface area contributed by atoms with E-state index in [0.29, 0.717) is 31.2 Å². The molecule has 1 fully saturated rings. The summed E-state index contributed by atoms with van der Waals surface area (Å²) in [7, 11) is 1.65. The Bertz CT molecular complexity index is 669. The molecule has 8 heteroatoms. The van der Waals surface area contributed by atoms with Crippen molar-refractivity contribution in [3.8, 4) is 0 Å². The fourth-order valence-corrected chi connectivity index (χ4v) is 3.29. The van der Waals surface area contributed by atoms with Gasteiger partial charge in [-0.1, -0.05) is 0 Å². The van der Waals surface area contributed by atoms with Crippen LogP contribution >= 0.6 is 0 Å². The van der Waals surface area contributed by atoms with E-state index in [-0.39, 0.29) is 11.8 Å². The van der Waals surface area contributed by atoms with Crippen LogP contribution in [0.15, 0.2) is 18.5 Å². The molecule has 0 saturated carbocycles. The average molecular weight is 339 g/mol. The quantitative estimate of drug-likeness (QED) is 0.842. The highest BCUT2D eigenvalue weighted by Gasteiger charge is 2.31. The lowest BCUT2D eigenvalue weighted by molar-refractivity contribution is 0.0829. The van der Waals surface area contributed by atoms with Crippen molar-refractivity contribution in [2.24, 2.45) is 13.0 Å². The summed E-state index contributed by atoms with van der Waals surface area (Å²) >= 11 is 0. The van der Waals surface area contributed by atoms with Gasteiger partial charge in [0.15, 0.2) is 0 Å². The second-order valence-electron chi connectivity index (χ2n) is 6.06. The Morgan fingerprint density at radius 1 is 1.46 bits per heavy atom. The third-order valence-electron chi connectivity index (χ3n) is 4.42. The smallest absolute Gasteiger partial charge is 0.282 e. The van der Waals surface area contributed by atoms with Crippen molar-refractivity contribution in [2.75, 3.05) is 13.2 Å². The number of nitrogens with zero attached hydrogens (tertiary/aromatic N) is 4. The Morgan fingerprint density at radius 2 is 2.29 bits per heavy atom. The van der Waals surface area contributed by atoms with Gasteiger partial charge < -0.3 is 10.1 Å². The van der Waals surface area contributed by atoms with Crippen molar-refractivity contribution < 1.29 is 13.5 Å². The first-order chi connectivity index (χ1) is 11.6. The molecule has 1 saturated heterocycles. The van der Waals surface area contributed by atoms with Crippen molar-refractivity contribution in [3.63, 3.8) is 0 Å². The van der Waals surface area contributed by atoms with Crippen LogP contribution < -0.4 is 5.32 Å². The lowest BCUT2D eigenvalue weighted by atomic mass is 9.98. The Hall–Kier alpha value is -1.80. The monoisotopic (exact) mass is 339 g/mol. The van der Waals surface area contributed by atoms with E-state index in [1.165, 1.54) is 4.68 Å². The van der Waals surface area contributed by atoms with Gasteiger partial charge in [-0.05, 0) is 19.4 Å². The Morgan fingerprint density at radius 3 is 3.04 bits per heavy atom. The molecule has 6 nitrogen and oxygen atoms in total. The minimum atomic E-state index is -2.55. The standard InChI is InChI=1S/C16H23F2N5O/c1-3-23-13(4-6-20-23)15-11(5-7-24-15)8-19-9-12-10-22(2)21-14(12)16(17)18/h4,6,10-11,15-16,19H,3,5,7-9H2,1-2H3/t11-,15+/m0/s1. The molecule has 2 aromatic rings. The van der Waals surface area contributed by atoms with E-state index in [0.717, 1.165) is 18.7 Å². The molecule has 132 valence electrons. The van der Waals surface area contributed by atoms with Crippen LogP contribution in [0.25, 0.3) is 0 Å². The van der Waals surface area contributed by atoms with Gasteiger partial charge in [0.05, 0.1) is 5.69 Å². The number of alkyl halides is 2. The maximum absolute atomic E-state index is 13.0. The maximum atomic E-state index is 13.0. The number of aromatic nitrogens is 4. The van der Waals surface area contributed by atoms with Gasteiger partial charge in [-0.25, -0.2) is 8.78 Å². The van der Waals surface area contributed by atoms with Crippen molar-refractivity contribution in [2.45, 2.75) is 39.0 Å². The van der Waals surface area contributed by atoms with Crippen LogP contribution in [-0.2, 0) is 24.9 Å². The lowest BCUT2D eigenvalue weighted by Gasteiger charge is -2.20. The van der Waals surface area contributed by atoms with Crippen molar-refractivity contribution in [1.82, 2.24) is 24.9 Å². The lowest BCUT2D eigenvalue weighted by Crippen LogP contribution is -2.26. The van der Waals surface area contributed by atoms with Crippen LogP contribution in [-0.4, -0.2) is 32.7 Å². The highest BCUT2D eigenvalue weighted by molar-refractivity contribution is 5.18. The zero-order valence-corrected chi connectivity index (χ0v) is 14.0. The molecule has 0 spiro atoms. The molecule has 3 heterocycles. The Labute approximate surface area is 139 Å². The SMILES string of the molecule is CCn1nccc1[C@@H]1OCC[C@H]1CNCc1cn(C)nc1C(F)F. The van der Waals surface area contributed by atoms with Gasteiger partial charge in [0.1, 0.15) is 11.8 Å². The van der Waals surface area contributed by atoms with E-state index in [4.69, 9.17) is 4.74 Å². The molecule has 2 atom stereocenters. The van der Waals surface area contributed by atoms with E-state index >= 15 is 0 Å². The molecular weight excluding hydrogens is 316 g/mol. The average Bonchev–Trinajstić information content (AvgIpc) is 3.25. The summed E-state index contributed by atoms with van der Waals surface area (Å²) in [6.45, 7) is 4.64. The third kappa shape index (κ3) is 3.49. The van der Waals surface area contributed by atoms with E-state index in [1.807, 2.05) is 17.7 Å². The number of hydrogen-bond acceptors (Lipinski definition) is 4. The van der Waals surface area contributed by atoms with Crippen molar-refractivity contribution in [1.29, 1.82) is 0 Å². The number of hydrogen-bond donors (Lipinski definition) is 1. The first-order valence-electron chi connectivity index (χ1n) is 8.24. The number of rotatable bonds is 7. The fourth-order valence-electron chi connectivity index (χ4n) is 3.29. The van der Waals surface area contributed by atoms with Crippen LogP contribution in [0.2, 0.25) is 0 Å². The van der Waals surface area contributed by atoms with Crippen LogP contribution in [0, 0.1) is 5.92 Å². The molecule has 2 aromatic heterocycles. The number of halogens is 2. The van der Waals surface area contributed by atoms with E-state index < -0.39 is 6.43 Å². The summed E-state index contributed by atoms with van der Waals surface area (Å²) in [6.07, 6.45) is 1.83. The largest absolute Gasteiger partial charge is 0.372 e. The topological polar surface area (TPSA) is 56.9 Å². The number of aryl methyl sites for hydroxylation is 2. The maximum Gasteiger partial charge on any atom is 0.282 e. The van der Waals surface area contributed by atoms with Crippen molar-refractivity contribution >= 4 is 0 Å². The molecule has 0 bridgehead atoms. The zero-order chi connectivity index (χ0) is 17.1. The summed E-state index contributed by atoms with van der Waals surface area (Å²) < 4.78 is 35.2. The molecule has 0 aliphatic carbocycles. The first-order valence-corrected chi connectivity index (χ1v) is 8.24. The van der Waals surface area contributed by atoms with Crippen LogP contribution in [0.5, 0.6) is 0 Å². The van der Waals surface area contributed by atoms with Crippen LogP contribution in [0.1, 0.15) is 42.8 Å². The molecular formula is C16H23F2N5O. The molecule has 1 aliphatic heterocycles. The summed E-state index contributed by atoms with van der Waals surface area (Å²) in [5, 5.41) is 11.4. The van der Waals surface area contributed by atoms with Gasteiger partial charge >= 0.3 is 0 Å². The predicted molar refractivity (Wildman–Crippen MR) is 84.6 cm³/mol. The third-order valence-corrected chi connectivity index (χ3v) is 4.42. The van der Waals surface area contributed by atoms with Gasteiger partial charge in [0, 0.05) is 57.2 Å². The minimum Gasteiger partial charge on any atom is -0.372 e. The zero-order valence-electron chi connectivity index (χ0n) is 14.0. The first kappa shape index (κ1) is 17.0. The molecule has 3 rings (SSSR count). The second-order valence-corrected chi connectivity index (χ2v) is 6.06. The van der Waals surface area contributed by atoms with E-state index in [9.17, 15) is 8.78 Å². The van der Waals surface area contributed by atoms with Gasteiger partial charge in [-0.15, -0.1) is 0 Å². The van der Waals surface area contributed by atoms with Gasteiger partial charge in [-0.3, -0.25) is 9.36 Å². The fraction of sp³-hybridized carbons (Fsp3) is 0.625. The van der Waals surface area contributed by atoms with Crippen LogP contribution in [0.3, 0.4) is 0 Å². The molecule has 0 radical (unpaired) electrons. The molecule has 24 heavy (non-hydrogen) atoms. The molecule has 0 amide bonds. The number of ether oxygens (including phenoxy) is 1. The van der Waals surface area contributed by atoms with Gasteiger partial charge in [0.2, 0.25) is 0 Å². The van der Waals surface area contributed by atoms with E-state index in [1.54, 1.807) is 19.4 Å². The summed E-state index contributed by atoms with van der Waals surface area (Å²) in [4.78, 5) is 0. The molecule has 1 aliphatic rings. The van der Waals surface area contributed by atoms with Crippen molar-refractivity contribution in [3.05, 3.63) is 35.4 Å². The summed E-state index contributed by atoms with van der Waals surface area (Å²) in [6, 6.07) is 1.99. The normalized spacial score (nSPS) is 21.0. The molecule has 0 unspecified atom stereocenters. The minimum absolute atomic E-state index is 0.00316. The highest BCUT2D eigenvalue weighted by Crippen LogP contribution is 2.34. The highest BCUT2D eigenvalue weighted by atomic mass is 19.3. The predicted octanol–water partition coefficient (Wildman–Crippen LogP) is 2.44. The Kier molecular flexibility index (Phi) is 5.25. The Balaban J connectivity index is 1.60.